The predicted octanol–water partition coefficient (Wildman–Crippen LogP) is 3.73. The molecule has 0 saturated carbocycles. The zero-order valence-corrected chi connectivity index (χ0v) is 15.6. The second-order valence-electron chi connectivity index (χ2n) is 7.24. The molecule has 1 aromatic heterocycles. The molecular weight excluding hydrogens is 338 g/mol. The highest BCUT2D eigenvalue weighted by Crippen LogP contribution is 2.35. The van der Waals surface area contributed by atoms with Crippen LogP contribution in [0.25, 0.3) is 10.9 Å². The zero-order valence-electron chi connectivity index (χ0n) is 15.6. The van der Waals surface area contributed by atoms with E-state index in [4.69, 9.17) is 10.5 Å². The number of nitrogens with zero attached hydrogens (tertiary/aromatic N) is 1. The maximum absolute atomic E-state index is 12.0. The SMILES string of the molecule is COc1ccc2c(N3CCC(Cc4ccccc4)CC3)c(C(N)=O)[nH]c2c1. The van der Waals surface area contributed by atoms with Crippen molar-refractivity contribution >= 4 is 22.5 Å². The normalized spacial score (nSPS) is 15.2. The Kier molecular flexibility index (Phi) is 4.75. The maximum Gasteiger partial charge on any atom is 0.267 e. The fourth-order valence-electron chi connectivity index (χ4n) is 4.10. The number of piperidine rings is 1. The van der Waals surface area contributed by atoms with E-state index in [1.54, 1.807) is 7.11 Å². The smallest absolute Gasteiger partial charge is 0.267 e. The number of nitrogens with two attached hydrogens (primary N) is 1. The first kappa shape index (κ1) is 17.5. The molecule has 0 bridgehead atoms. The number of fused-ring (bicyclic) bond motifs is 1. The van der Waals surface area contributed by atoms with Gasteiger partial charge in [-0.15, -0.1) is 0 Å². The molecule has 3 N–H and O–H groups in total. The molecule has 1 aliphatic heterocycles. The van der Waals surface area contributed by atoms with Gasteiger partial charge in [0.05, 0.1) is 18.3 Å². The molecule has 5 nitrogen and oxygen atoms in total. The van der Waals surface area contributed by atoms with Gasteiger partial charge in [-0.2, -0.15) is 0 Å². The van der Waals surface area contributed by atoms with Gasteiger partial charge >= 0.3 is 0 Å². The number of ether oxygens (including phenoxy) is 1. The van der Waals surface area contributed by atoms with Crippen LogP contribution in [-0.2, 0) is 6.42 Å². The van der Waals surface area contributed by atoms with Crippen LogP contribution in [0.5, 0.6) is 5.75 Å². The van der Waals surface area contributed by atoms with Crippen molar-refractivity contribution in [1.82, 2.24) is 4.98 Å². The first-order valence-electron chi connectivity index (χ1n) is 9.44. The Hall–Kier alpha value is -2.95. The summed E-state index contributed by atoms with van der Waals surface area (Å²) in [6.45, 7) is 1.85. The summed E-state index contributed by atoms with van der Waals surface area (Å²) in [7, 11) is 1.64. The monoisotopic (exact) mass is 363 g/mol. The van der Waals surface area contributed by atoms with Crippen molar-refractivity contribution in [3.8, 4) is 5.75 Å². The number of benzene rings is 2. The van der Waals surface area contributed by atoms with Gasteiger partial charge in [0.15, 0.2) is 0 Å². The van der Waals surface area contributed by atoms with Crippen LogP contribution in [0.2, 0.25) is 0 Å². The molecule has 2 heterocycles. The lowest BCUT2D eigenvalue weighted by atomic mass is 9.90. The predicted molar refractivity (Wildman–Crippen MR) is 108 cm³/mol. The molecule has 0 aliphatic carbocycles. The van der Waals surface area contributed by atoms with E-state index in [-0.39, 0.29) is 0 Å². The topological polar surface area (TPSA) is 71.3 Å². The lowest BCUT2D eigenvalue weighted by Crippen LogP contribution is -2.35. The number of primary amides is 1. The van der Waals surface area contributed by atoms with E-state index >= 15 is 0 Å². The lowest BCUT2D eigenvalue weighted by molar-refractivity contribution is 0.0996. The van der Waals surface area contributed by atoms with Crippen LogP contribution in [0, 0.1) is 5.92 Å². The van der Waals surface area contributed by atoms with Gasteiger partial charge in [-0.3, -0.25) is 4.79 Å². The second kappa shape index (κ2) is 7.35. The number of amides is 1. The highest BCUT2D eigenvalue weighted by atomic mass is 16.5. The van der Waals surface area contributed by atoms with Crippen LogP contribution in [0.4, 0.5) is 5.69 Å². The molecule has 0 spiro atoms. The highest BCUT2D eigenvalue weighted by molar-refractivity contribution is 6.08. The van der Waals surface area contributed by atoms with Crippen molar-refractivity contribution in [1.29, 1.82) is 0 Å². The number of aromatic nitrogens is 1. The van der Waals surface area contributed by atoms with E-state index in [9.17, 15) is 4.79 Å². The van der Waals surface area contributed by atoms with Crippen LogP contribution < -0.4 is 15.4 Å². The fourth-order valence-corrected chi connectivity index (χ4v) is 4.10. The van der Waals surface area contributed by atoms with Gasteiger partial charge in [-0.05, 0) is 42.9 Å². The van der Waals surface area contributed by atoms with Crippen LogP contribution in [0.1, 0.15) is 28.9 Å². The summed E-state index contributed by atoms with van der Waals surface area (Å²) in [6, 6.07) is 16.5. The number of hydrogen-bond acceptors (Lipinski definition) is 3. The summed E-state index contributed by atoms with van der Waals surface area (Å²) < 4.78 is 5.30. The van der Waals surface area contributed by atoms with Crippen molar-refractivity contribution < 1.29 is 9.53 Å². The fraction of sp³-hybridized carbons (Fsp3) is 0.318. The number of methoxy groups -OCH3 is 1. The van der Waals surface area contributed by atoms with Gasteiger partial charge in [-0.25, -0.2) is 0 Å². The molecule has 1 aliphatic rings. The minimum Gasteiger partial charge on any atom is -0.497 e. The molecule has 3 aromatic rings. The minimum absolute atomic E-state index is 0.424. The number of carbonyl (C=O) groups excluding carboxylic acids is 1. The van der Waals surface area contributed by atoms with E-state index in [2.05, 4.69) is 40.2 Å². The molecule has 0 unspecified atom stereocenters. The second-order valence-corrected chi connectivity index (χ2v) is 7.24. The van der Waals surface area contributed by atoms with Crippen LogP contribution in [0.3, 0.4) is 0 Å². The first-order chi connectivity index (χ1) is 13.2. The average molecular weight is 363 g/mol. The summed E-state index contributed by atoms with van der Waals surface area (Å²) >= 11 is 0. The van der Waals surface area contributed by atoms with E-state index in [1.165, 1.54) is 5.56 Å². The van der Waals surface area contributed by atoms with Gasteiger partial charge in [0.1, 0.15) is 11.4 Å². The standard InChI is InChI=1S/C22H25N3O2/c1-27-17-7-8-18-19(14-17)24-20(22(23)26)21(18)25-11-9-16(10-12-25)13-15-5-3-2-4-6-15/h2-8,14,16,24H,9-13H2,1H3,(H2,23,26). The van der Waals surface area contributed by atoms with E-state index < -0.39 is 5.91 Å². The Bertz CT molecular complexity index is 941. The average Bonchev–Trinajstić information content (AvgIpc) is 3.08. The molecule has 4 rings (SSSR count). The van der Waals surface area contributed by atoms with Gasteiger partial charge in [-0.1, -0.05) is 30.3 Å². The summed E-state index contributed by atoms with van der Waals surface area (Å²) in [6.07, 6.45) is 3.33. The van der Waals surface area contributed by atoms with Crippen molar-refractivity contribution in [3.05, 3.63) is 59.8 Å². The maximum atomic E-state index is 12.0. The number of nitrogens with one attached hydrogen (secondary N) is 1. The third kappa shape index (κ3) is 3.50. The Labute approximate surface area is 159 Å². The molecule has 0 atom stereocenters. The third-order valence-electron chi connectivity index (χ3n) is 5.52. The minimum atomic E-state index is -0.424. The summed E-state index contributed by atoms with van der Waals surface area (Å²) in [5.74, 6) is 1.01. The molecule has 0 radical (unpaired) electrons. The van der Waals surface area contributed by atoms with Crippen molar-refractivity contribution in [2.45, 2.75) is 19.3 Å². The van der Waals surface area contributed by atoms with Crippen molar-refractivity contribution in [3.63, 3.8) is 0 Å². The van der Waals surface area contributed by atoms with Gasteiger partial charge < -0.3 is 20.4 Å². The molecule has 140 valence electrons. The van der Waals surface area contributed by atoms with E-state index in [1.807, 2.05) is 18.2 Å². The molecule has 5 heteroatoms. The number of rotatable bonds is 5. The largest absolute Gasteiger partial charge is 0.497 e. The van der Waals surface area contributed by atoms with Gasteiger partial charge in [0.25, 0.3) is 5.91 Å². The number of hydrogen-bond donors (Lipinski definition) is 2. The van der Waals surface area contributed by atoms with E-state index in [0.717, 1.165) is 54.7 Å². The van der Waals surface area contributed by atoms with Crippen molar-refractivity contribution in [2.75, 3.05) is 25.1 Å². The van der Waals surface area contributed by atoms with Gasteiger partial charge in [0.2, 0.25) is 0 Å². The number of carbonyl (C=O) groups is 1. The molecule has 27 heavy (non-hydrogen) atoms. The van der Waals surface area contributed by atoms with Crippen LogP contribution in [0.15, 0.2) is 48.5 Å². The van der Waals surface area contributed by atoms with Crippen molar-refractivity contribution in [2.24, 2.45) is 11.7 Å². The highest BCUT2D eigenvalue weighted by Gasteiger charge is 2.26. The Balaban J connectivity index is 1.56. The lowest BCUT2D eigenvalue weighted by Gasteiger charge is -2.34. The summed E-state index contributed by atoms with van der Waals surface area (Å²) in [5.41, 5.74) is 9.35. The molecule has 1 amide bonds. The molecular formula is C22H25N3O2. The van der Waals surface area contributed by atoms with E-state index in [0.29, 0.717) is 11.6 Å². The summed E-state index contributed by atoms with van der Waals surface area (Å²) in [5, 5.41) is 1.02. The molecule has 1 fully saturated rings. The Morgan fingerprint density at radius 2 is 1.93 bits per heavy atom. The summed E-state index contributed by atoms with van der Waals surface area (Å²) in [4.78, 5) is 17.5. The molecule has 1 saturated heterocycles. The van der Waals surface area contributed by atoms with Crippen LogP contribution in [-0.4, -0.2) is 31.1 Å². The number of H-pyrrole nitrogens is 1. The quantitative estimate of drug-likeness (QED) is 0.725. The zero-order chi connectivity index (χ0) is 18.8. The Morgan fingerprint density at radius 3 is 2.59 bits per heavy atom. The first-order valence-corrected chi connectivity index (χ1v) is 9.44. The third-order valence-corrected chi connectivity index (χ3v) is 5.52. The van der Waals surface area contributed by atoms with Crippen LogP contribution >= 0.6 is 0 Å². The number of anilines is 1. The number of aromatic amines is 1. The van der Waals surface area contributed by atoms with Gasteiger partial charge in [0, 0.05) is 24.5 Å². The Morgan fingerprint density at radius 1 is 1.19 bits per heavy atom. The molecule has 2 aromatic carbocycles.